The normalized spacial score (nSPS) is 10.5. The maximum absolute atomic E-state index is 12.3. The molecule has 0 atom stereocenters. The number of anilines is 2. The van der Waals surface area contributed by atoms with Gasteiger partial charge in [-0.25, -0.2) is 4.98 Å². The molecule has 0 saturated carbocycles. The SMILES string of the molecule is COc1ccc(NC(=O)Cc2csc(-c3ccc(C)o3)n2)cc1NC(C)=O. The summed E-state index contributed by atoms with van der Waals surface area (Å²) in [6.07, 6.45) is 0.137. The summed E-state index contributed by atoms with van der Waals surface area (Å²) in [4.78, 5) is 28.1. The van der Waals surface area contributed by atoms with Crippen LogP contribution >= 0.6 is 11.3 Å². The van der Waals surface area contributed by atoms with Gasteiger partial charge in [0.05, 0.1) is 24.9 Å². The number of hydrogen-bond donors (Lipinski definition) is 2. The zero-order valence-electron chi connectivity index (χ0n) is 15.2. The van der Waals surface area contributed by atoms with Gasteiger partial charge in [-0.1, -0.05) is 0 Å². The monoisotopic (exact) mass is 385 g/mol. The molecule has 3 rings (SSSR count). The fraction of sp³-hybridized carbons (Fsp3) is 0.211. The quantitative estimate of drug-likeness (QED) is 0.672. The predicted octanol–water partition coefficient (Wildman–Crippen LogP) is 3.86. The maximum atomic E-state index is 12.3. The molecule has 0 aliphatic heterocycles. The van der Waals surface area contributed by atoms with Gasteiger partial charge in [-0.2, -0.15) is 0 Å². The molecule has 0 aliphatic carbocycles. The molecule has 140 valence electrons. The molecule has 2 heterocycles. The van der Waals surface area contributed by atoms with E-state index in [0.29, 0.717) is 28.6 Å². The second kappa shape index (κ2) is 8.05. The fourth-order valence-corrected chi connectivity index (χ4v) is 3.27. The van der Waals surface area contributed by atoms with Crippen molar-refractivity contribution in [1.82, 2.24) is 4.98 Å². The van der Waals surface area contributed by atoms with Crippen LogP contribution in [-0.4, -0.2) is 23.9 Å². The van der Waals surface area contributed by atoms with Crippen LogP contribution in [0.5, 0.6) is 5.75 Å². The molecule has 0 radical (unpaired) electrons. The minimum Gasteiger partial charge on any atom is -0.495 e. The number of amides is 2. The Balaban J connectivity index is 1.67. The van der Waals surface area contributed by atoms with Gasteiger partial charge in [0.25, 0.3) is 0 Å². The van der Waals surface area contributed by atoms with E-state index in [9.17, 15) is 9.59 Å². The lowest BCUT2D eigenvalue weighted by atomic mass is 10.2. The van der Waals surface area contributed by atoms with Gasteiger partial charge < -0.3 is 19.8 Å². The number of aromatic nitrogens is 1. The molecular weight excluding hydrogens is 366 g/mol. The van der Waals surface area contributed by atoms with Crippen LogP contribution in [0, 0.1) is 6.92 Å². The van der Waals surface area contributed by atoms with E-state index in [1.54, 1.807) is 18.2 Å². The molecular formula is C19H19N3O4S. The van der Waals surface area contributed by atoms with E-state index >= 15 is 0 Å². The lowest BCUT2D eigenvalue weighted by molar-refractivity contribution is -0.116. The number of hydrogen-bond acceptors (Lipinski definition) is 6. The van der Waals surface area contributed by atoms with E-state index in [0.717, 1.165) is 10.8 Å². The Morgan fingerprint density at radius 2 is 2.04 bits per heavy atom. The third-order valence-corrected chi connectivity index (χ3v) is 4.54. The fourth-order valence-electron chi connectivity index (χ4n) is 2.49. The number of carbonyl (C=O) groups is 2. The van der Waals surface area contributed by atoms with Gasteiger partial charge in [-0.3, -0.25) is 9.59 Å². The number of aryl methyl sites for hydroxylation is 1. The maximum Gasteiger partial charge on any atom is 0.230 e. The molecule has 0 unspecified atom stereocenters. The van der Waals surface area contributed by atoms with Crippen molar-refractivity contribution in [2.24, 2.45) is 0 Å². The Hall–Kier alpha value is -3.13. The van der Waals surface area contributed by atoms with E-state index in [-0.39, 0.29) is 18.2 Å². The smallest absolute Gasteiger partial charge is 0.230 e. The molecule has 0 bridgehead atoms. The summed E-state index contributed by atoms with van der Waals surface area (Å²) in [6.45, 7) is 3.28. The highest BCUT2D eigenvalue weighted by molar-refractivity contribution is 7.13. The van der Waals surface area contributed by atoms with Gasteiger partial charge in [0, 0.05) is 18.0 Å². The highest BCUT2D eigenvalue weighted by Crippen LogP contribution is 2.28. The average molecular weight is 385 g/mol. The standard InChI is InChI=1S/C19H19N3O4S/c1-11-4-6-17(26-11)19-22-14(10-27-19)9-18(24)21-13-5-7-16(25-3)15(8-13)20-12(2)23/h4-8,10H,9H2,1-3H3,(H,20,23)(H,21,24). The van der Waals surface area contributed by atoms with E-state index in [1.165, 1.54) is 25.4 Å². The topological polar surface area (TPSA) is 93.5 Å². The molecule has 8 heteroatoms. The third-order valence-electron chi connectivity index (χ3n) is 3.64. The Bertz CT molecular complexity index is 977. The molecule has 27 heavy (non-hydrogen) atoms. The average Bonchev–Trinajstić information content (AvgIpc) is 3.23. The summed E-state index contributed by atoms with van der Waals surface area (Å²) in [5.41, 5.74) is 1.71. The van der Waals surface area contributed by atoms with Crippen molar-refractivity contribution in [3.8, 4) is 16.5 Å². The second-order valence-corrected chi connectivity index (χ2v) is 6.73. The predicted molar refractivity (Wildman–Crippen MR) is 104 cm³/mol. The Morgan fingerprint density at radius 1 is 1.22 bits per heavy atom. The van der Waals surface area contributed by atoms with E-state index in [4.69, 9.17) is 9.15 Å². The summed E-state index contributed by atoms with van der Waals surface area (Å²) in [5.74, 6) is 1.59. The molecule has 3 aromatic rings. The van der Waals surface area contributed by atoms with Crippen LogP contribution in [0.2, 0.25) is 0 Å². The molecule has 0 saturated heterocycles. The van der Waals surface area contributed by atoms with Crippen LogP contribution in [0.15, 0.2) is 40.1 Å². The third kappa shape index (κ3) is 4.73. The highest BCUT2D eigenvalue weighted by atomic mass is 32.1. The summed E-state index contributed by atoms with van der Waals surface area (Å²) in [7, 11) is 1.51. The number of rotatable bonds is 6. The number of thiazole rings is 1. The number of nitrogens with one attached hydrogen (secondary N) is 2. The van der Waals surface area contributed by atoms with Crippen molar-refractivity contribution in [2.75, 3.05) is 17.7 Å². The zero-order valence-corrected chi connectivity index (χ0v) is 16.0. The Labute approximate surface area is 160 Å². The lowest BCUT2D eigenvalue weighted by Crippen LogP contribution is -2.15. The van der Waals surface area contributed by atoms with Crippen LogP contribution in [0.25, 0.3) is 10.8 Å². The minimum absolute atomic E-state index is 0.137. The summed E-state index contributed by atoms with van der Waals surface area (Å²) in [5, 5.41) is 8.05. The molecule has 1 aromatic carbocycles. The first-order valence-electron chi connectivity index (χ1n) is 8.21. The van der Waals surface area contributed by atoms with Gasteiger partial charge in [-0.05, 0) is 37.3 Å². The summed E-state index contributed by atoms with van der Waals surface area (Å²) < 4.78 is 10.8. The number of methoxy groups -OCH3 is 1. The van der Waals surface area contributed by atoms with Crippen LogP contribution in [0.4, 0.5) is 11.4 Å². The molecule has 2 N–H and O–H groups in total. The van der Waals surface area contributed by atoms with Crippen molar-refractivity contribution in [1.29, 1.82) is 0 Å². The second-order valence-electron chi connectivity index (χ2n) is 5.88. The van der Waals surface area contributed by atoms with E-state index < -0.39 is 0 Å². The van der Waals surface area contributed by atoms with Gasteiger partial charge in [0.1, 0.15) is 11.5 Å². The van der Waals surface area contributed by atoms with Crippen LogP contribution in [0.1, 0.15) is 18.4 Å². The van der Waals surface area contributed by atoms with Gasteiger partial charge >= 0.3 is 0 Å². The molecule has 7 nitrogen and oxygen atoms in total. The molecule has 0 fully saturated rings. The first kappa shape index (κ1) is 18.7. The number of ether oxygens (including phenoxy) is 1. The highest BCUT2D eigenvalue weighted by Gasteiger charge is 2.13. The van der Waals surface area contributed by atoms with E-state index in [2.05, 4.69) is 15.6 Å². The van der Waals surface area contributed by atoms with Gasteiger partial charge in [-0.15, -0.1) is 11.3 Å². The van der Waals surface area contributed by atoms with Crippen molar-refractivity contribution in [2.45, 2.75) is 20.3 Å². The number of benzene rings is 1. The number of carbonyl (C=O) groups excluding carboxylic acids is 2. The number of furan rings is 1. The first-order chi connectivity index (χ1) is 12.9. The minimum atomic E-state index is -0.222. The summed E-state index contributed by atoms with van der Waals surface area (Å²) in [6, 6.07) is 8.77. The Morgan fingerprint density at radius 3 is 2.70 bits per heavy atom. The van der Waals surface area contributed by atoms with Crippen molar-refractivity contribution < 1.29 is 18.7 Å². The zero-order chi connectivity index (χ0) is 19.4. The Kier molecular flexibility index (Phi) is 5.56. The van der Waals surface area contributed by atoms with Crippen LogP contribution in [-0.2, 0) is 16.0 Å². The van der Waals surface area contributed by atoms with Crippen molar-refractivity contribution in [3.63, 3.8) is 0 Å². The molecule has 0 spiro atoms. The van der Waals surface area contributed by atoms with Crippen LogP contribution in [0.3, 0.4) is 0 Å². The lowest BCUT2D eigenvalue weighted by Gasteiger charge is -2.11. The largest absolute Gasteiger partial charge is 0.495 e. The van der Waals surface area contributed by atoms with E-state index in [1.807, 2.05) is 24.4 Å². The molecule has 2 amide bonds. The van der Waals surface area contributed by atoms with Crippen molar-refractivity contribution in [3.05, 3.63) is 47.2 Å². The molecule has 2 aromatic heterocycles. The van der Waals surface area contributed by atoms with Gasteiger partial charge in [0.2, 0.25) is 11.8 Å². The number of nitrogens with zero attached hydrogens (tertiary/aromatic N) is 1. The van der Waals surface area contributed by atoms with Crippen molar-refractivity contribution >= 4 is 34.5 Å². The first-order valence-corrected chi connectivity index (χ1v) is 9.09. The summed E-state index contributed by atoms with van der Waals surface area (Å²) >= 11 is 1.43. The van der Waals surface area contributed by atoms with Gasteiger partial charge in [0.15, 0.2) is 10.8 Å². The molecule has 0 aliphatic rings. The van der Waals surface area contributed by atoms with Crippen LogP contribution < -0.4 is 15.4 Å².